The molecule has 0 saturated heterocycles. The van der Waals surface area contributed by atoms with Gasteiger partial charge in [-0.05, 0) is 51.0 Å². The fourth-order valence-corrected chi connectivity index (χ4v) is 4.56. The first kappa shape index (κ1) is 22.9. The number of pyridine rings is 1. The molecule has 30 heavy (non-hydrogen) atoms. The smallest absolute Gasteiger partial charge is 0.278 e. The van der Waals surface area contributed by atoms with E-state index in [9.17, 15) is 8.42 Å². The zero-order chi connectivity index (χ0) is 21.7. The van der Waals surface area contributed by atoms with Gasteiger partial charge in [0.05, 0.1) is 5.52 Å². The van der Waals surface area contributed by atoms with Crippen LogP contribution in [0.5, 0.6) is 0 Å². The van der Waals surface area contributed by atoms with E-state index >= 15 is 0 Å². The van der Waals surface area contributed by atoms with Crippen LogP contribution in [0, 0.1) is 0 Å². The molecule has 0 unspecified atom stereocenters. The number of nitrogens with two attached hydrogens (primary N) is 1. The first-order valence-electron chi connectivity index (χ1n) is 10.8. The van der Waals surface area contributed by atoms with Gasteiger partial charge >= 0.3 is 0 Å². The van der Waals surface area contributed by atoms with Gasteiger partial charge in [0.2, 0.25) is 0 Å². The predicted molar refractivity (Wildman–Crippen MR) is 118 cm³/mol. The highest BCUT2D eigenvalue weighted by Gasteiger charge is 2.22. The van der Waals surface area contributed by atoms with Crippen molar-refractivity contribution in [2.24, 2.45) is 0 Å². The van der Waals surface area contributed by atoms with Crippen LogP contribution in [0.1, 0.15) is 56.1 Å². The number of hydrogen-bond acceptors (Lipinski definition) is 6. The molecule has 0 bridgehead atoms. The van der Waals surface area contributed by atoms with Crippen molar-refractivity contribution in [3.05, 3.63) is 17.1 Å². The molecule has 2 aromatic rings. The third-order valence-corrected chi connectivity index (χ3v) is 7.06. The molecule has 0 aromatic carbocycles. The average Bonchev–Trinajstić information content (AvgIpc) is 3.08. The normalized spacial score (nSPS) is 14.5. The second-order valence-electron chi connectivity index (χ2n) is 7.89. The number of fused-ring (bicyclic) bond motifs is 3. The van der Waals surface area contributed by atoms with E-state index in [4.69, 9.17) is 15.5 Å². The SMILES string of the molecule is CCOCc1nc2c(N)nc3c(c2n1CCCCCNS(=O)(=O)N(C)C)CCCC3. The highest BCUT2D eigenvalue weighted by molar-refractivity contribution is 7.87. The Kier molecular flexibility index (Phi) is 7.67. The zero-order valence-electron chi connectivity index (χ0n) is 18.3. The Balaban J connectivity index is 1.74. The summed E-state index contributed by atoms with van der Waals surface area (Å²) < 4.78 is 35.3. The Labute approximate surface area is 179 Å². The van der Waals surface area contributed by atoms with Gasteiger partial charge in [0.1, 0.15) is 17.9 Å². The lowest BCUT2D eigenvalue weighted by molar-refractivity contribution is 0.126. The number of nitrogens with one attached hydrogen (secondary N) is 1. The van der Waals surface area contributed by atoms with Gasteiger partial charge in [-0.25, -0.2) is 14.7 Å². The number of imidazole rings is 1. The molecule has 3 rings (SSSR count). The second-order valence-corrected chi connectivity index (χ2v) is 9.85. The van der Waals surface area contributed by atoms with Crippen molar-refractivity contribution in [3.63, 3.8) is 0 Å². The molecular formula is C20H34N6O3S. The van der Waals surface area contributed by atoms with E-state index in [0.717, 1.165) is 74.0 Å². The molecule has 0 aliphatic heterocycles. The van der Waals surface area contributed by atoms with Gasteiger partial charge in [-0.3, -0.25) is 0 Å². The van der Waals surface area contributed by atoms with Crippen molar-refractivity contribution < 1.29 is 13.2 Å². The van der Waals surface area contributed by atoms with Crippen molar-refractivity contribution in [3.8, 4) is 0 Å². The number of nitrogen functional groups attached to an aromatic ring is 1. The number of aromatic nitrogens is 3. The molecule has 0 spiro atoms. The van der Waals surface area contributed by atoms with E-state index in [1.54, 1.807) is 0 Å². The maximum absolute atomic E-state index is 11.8. The molecule has 0 saturated carbocycles. The predicted octanol–water partition coefficient (Wildman–Crippen LogP) is 2.00. The maximum atomic E-state index is 11.8. The fraction of sp³-hybridized carbons (Fsp3) is 0.700. The van der Waals surface area contributed by atoms with Crippen LogP contribution in [0.4, 0.5) is 5.82 Å². The van der Waals surface area contributed by atoms with E-state index < -0.39 is 10.2 Å². The van der Waals surface area contributed by atoms with Crippen LogP contribution in [0.15, 0.2) is 0 Å². The number of nitrogens with zero attached hydrogens (tertiary/aromatic N) is 4. The van der Waals surface area contributed by atoms with E-state index in [2.05, 4.69) is 14.3 Å². The highest BCUT2D eigenvalue weighted by atomic mass is 32.2. The lowest BCUT2D eigenvalue weighted by Gasteiger charge is -2.18. The summed E-state index contributed by atoms with van der Waals surface area (Å²) in [6, 6.07) is 0. The van der Waals surface area contributed by atoms with Crippen LogP contribution >= 0.6 is 0 Å². The van der Waals surface area contributed by atoms with Crippen molar-refractivity contribution in [1.82, 2.24) is 23.6 Å². The van der Waals surface area contributed by atoms with Gasteiger partial charge in [-0.15, -0.1) is 0 Å². The first-order valence-corrected chi connectivity index (χ1v) is 12.2. The van der Waals surface area contributed by atoms with Gasteiger partial charge in [0.25, 0.3) is 10.2 Å². The van der Waals surface area contributed by atoms with Crippen molar-refractivity contribution in [2.45, 2.75) is 65.0 Å². The van der Waals surface area contributed by atoms with E-state index in [0.29, 0.717) is 25.6 Å². The van der Waals surface area contributed by atoms with Crippen LogP contribution in [-0.2, 0) is 40.9 Å². The largest absolute Gasteiger partial charge is 0.382 e. The Morgan fingerprint density at radius 1 is 1.17 bits per heavy atom. The fourth-order valence-electron chi connectivity index (χ4n) is 3.90. The number of anilines is 1. The molecule has 0 atom stereocenters. The van der Waals surface area contributed by atoms with Crippen molar-refractivity contribution >= 4 is 27.1 Å². The average molecular weight is 439 g/mol. The molecule has 2 aromatic heterocycles. The minimum absolute atomic E-state index is 0.434. The van der Waals surface area contributed by atoms with E-state index in [-0.39, 0.29) is 0 Å². The van der Waals surface area contributed by atoms with Gasteiger partial charge in [-0.2, -0.15) is 12.7 Å². The third kappa shape index (κ3) is 5.11. The van der Waals surface area contributed by atoms with Crippen molar-refractivity contribution in [2.75, 3.05) is 33.0 Å². The van der Waals surface area contributed by atoms with Crippen LogP contribution in [0.25, 0.3) is 11.0 Å². The maximum Gasteiger partial charge on any atom is 0.278 e. The molecule has 3 N–H and O–H groups in total. The number of hydrogen-bond donors (Lipinski definition) is 2. The third-order valence-electron chi connectivity index (χ3n) is 5.53. The number of unbranched alkanes of at least 4 members (excludes halogenated alkanes) is 2. The van der Waals surface area contributed by atoms with Crippen LogP contribution in [0.2, 0.25) is 0 Å². The van der Waals surface area contributed by atoms with E-state index in [1.807, 2.05) is 6.92 Å². The number of ether oxygens (including phenoxy) is 1. The summed E-state index contributed by atoms with van der Waals surface area (Å²) in [5, 5.41) is 0. The van der Waals surface area contributed by atoms with Crippen LogP contribution in [0.3, 0.4) is 0 Å². The molecular weight excluding hydrogens is 404 g/mol. The Morgan fingerprint density at radius 2 is 1.93 bits per heavy atom. The summed E-state index contributed by atoms with van der Waals surface area (Å²) in [6.07, 6.45) is 6.89. The van der Waals surface area contributed by atoms with Gasteiger partial charge in [0.15, 0.2) is 5.82 Å². The van der Waals surface area contributed by atoms with Crippen LogP contribution in [-0.4, -0.2) is 54.5 Å². The Morgan fingerprint density at radius 3 is 2.67 bits per heavy atom. The molecule has 0 fully saturated rings. The number of aryl methyl sites for hydroxylation is 3. The van der Waals surface area contributed by atoms with Gasteiger partial charge in [-0.1, -0.05) is 6.42 Å². The van der Waals surface area contributed by atoms with E-state index in [1.165, 1.54) is 24.0 Å². The minimum atomic E-state index is -3.36. The molecule has 2 heterocycles. The summed E-state index contributed by atoms with van der Waals surface area (Å²) in [6.45, 7) is 4.28. The van der Waals surface area contributed by atoms with Crippen molar-refractivity contribution in [1.29, 1.82) is 0 Å². The molecule has 1 aliphatic rings. The quantitative estimate of drug-likeness (QED) is 0.519. The Hall–Kier alpha value is -1.75. The summed E-state index contributed by atoms with van der Waals surface area (Å²) >= 11 is 0. The summed E-state index contributed by atoms with van der Waals surface area (Å²) in [7, 11) is -0.316. The molecule has 0 radical (unpaired) electrons. The zero-order valence-corrected chi connectivity index (χ0v) is 19.1. The molecule has 1 aliphatic carbocycles. The number of rotatable bonds is 11. The minimum Gasteiger partial charge on any atom is -0.382 e. The standard InChI is InChI=1S/C20H34N6O3S/c1-4-29-14-17-24-18-19(15-10-6-7-11-16(15)23-20(18)21)26(17)13-9-5-8-12-22-30(27,28)25(2)3/h22H,4-14H2,1-3H3,(H2,21,23). The Bertz CT molecular complexity index is 971. The van der Waals surface area contributed by atoms with Gasteiger partial charge < -0.3 is 15.0 Å². The topological polar surface area (TPSA) is 115 Å². The molecule has 10 heteroatoms. The monoisotopic (exact) mass is 438 g/mol. The van der Waals surface area contributed by atoms with Crippen LogP contribution < -0.4 is 10.5 Å². The summed E-state index contributed by atoms with van der Waals surface area (Å²) in [5.41, 5.74) is 10.5. The van der Waals surface area contributed by atoms with Gasteiger partial charge in [0, 0.05) is 39.5 Å². The molecule has 0 amide bonds. The second kappa shape index (κ2) is 10.0. The summed E-state index contributed by atoms with van der Waals surface area (Å²) in [4.78, 5) is 9.40. The lowest BCUT2D eigenvalue weighted by Crippen LogP contribution is -2.36. The highest BCUT2D eigenvalue weighted by Crippen LogP contribution is 2.32. The molecule has 9 nitrogen and oxygen atoms in total. The first-order chi connectivity index (χ1) is 14.3. The summed E-state index contributed by atoms with van der Waals surface area (Å²) in [5.74, 6) is 1.38. The lowest BCUT2D eigenvalue weighted by atomic mass is 9.95. The molecule has 168 valence electrons.